The highest BCUT2D eigenvalue weighted by Gasteiger charge is 2.20. The smallest absolute Gasteiger partial charge is 0.255 e. The molecule has 1 aliphatic carbocycles. The Bertz CT molecular complexity index is 772. The Morgan fingerprint density at radius 1 is 1.20 bits per heavy atom. The molecule has 0 saturated heterocycles. The monoisotopic (exact) mass is 271 g/mol. The molecule has 0 spiro atoms. The van der Waals surface area contributed by atoms with Crippen molar-refractivity contribution in [2.75, 3.05) is 7.05 Å². The summed E-state index contributed by atoms with van der Waals surface area (Å²) in [6.07, 6.45) is 5.78. The fourth-order valence-corrected chi connectivity index (χ4v) is 2.41. The highest BCUT2D eigenvalue weighted by molar-refractivity contribution is 6.00. The minimum Gasteiger partial charge on any atom is -0.456 e. The fourth-order valence-electron chi connectivity index (χ4n) is 2.41. The van der Waals surface area contributed by atoms with E-state index in [4.69, 9.17) is 4.42 Å². The summed E-state index contributed by atoms with van der Waals surface area (Å²) in [5.74, 6) is -0.0192. The van der Waals surface area contributed by atoms with E-state index < -0.39 is 0 Å². The molecule has 0 aliphatic heterocycles. The van der Waals surface area contributed by atoms with Crippen LogP contribution in [-0.2, 0) is 0 Å². The molecule has 0 saturated carbocycles. The number of rotatable bonds is 2. The van der Waals surface area contributed by atoms with Gasteiger partial charge in [-0.1, -0.05) is 6.08 Å². The molecular formula is C16H14FNO2. The molecular weight excluding hydrogens is 257 g/mol. The van der Waals surface area contributed by atoms with Gasteiger partial charge in [0.15, 0.2) is 0 Å². The zero-order chi connectivity index (χ0) is 14.1. The van der Waals surface area contributed by atoms with Gasteiger partial charge in [0.1, 0.15) is 17.0 Å². The summed E-state index contributed by atoms with van der Waals surface area (Å²) >= 11 is 0. The lowest BCUT2D eigenvalue weighted by Crippen LogP contribution is -2.31. The Kier molecular flexibility index (Phi) is 3.14. The number of hydrogen-bond acceptors (Lipinski definition) is 2. The van der Waals surface area contributed by atoms with Gasteiger partial charge in [-0.3, -0.25) is 4.79 Å². The first-order chi connectivity index (χ1) is 9.70. The van der Waals surface area contributed by atoms with E-state index in [1.807, 2.05) is 12.2 Å². The zero-order valence-corrected chi connectivity index (χ0v) is 11.1. The van der Waals surface area contributed by atoms with Crippen LogP contribution in [-0.4, -0.2) is 13.0 Å². The topological polar surface area (TPSA) is 42.2 Å². The van der Waals surface area contributed by atoms with Gasteiger partial charge in [-0.25, -0.2) is 4.39 Å². The van der Waals surface area contributed by atoms with Gasteiger partial charge in [-0.05, 0) is 43.2 Å². The van der Waals surface area contributed by atoms with Crippen LogP contribution in [0.3, 0.4) is 0 Å². The molecule has 1 amide bonds. The van der Waals surface area contributed by atoms with Crippen molar-refractivity contribution >= 4 is 18.1 Å². The Labute approximate surface area is 115 Å². The molecule has 20 heavy (non-hydrogen) atoms. The molecule has 0 atom stereocenters. The number of carbonyl (C=O) groups excluding carboxylic acids is 1. The number of amides is 1. The average molecular weight is 271 g/mol. The predicted octanol–water partition coefficient (Wildman–Crippen LogP) is 1.80. The first kappa shape index (κ1) is 12.7. The molecule has 0 bridgehead atoms. The third kappa shape index (κ3) is 2.03. The number of furan rings is 1. The summed E-state index contributed by atoms with van der Waals surface area (Å²) in [6, 6.07) is 5.95. The van der Waals surface area contributed by atoms with E-state index in [1.165, 1.54) is 12.1 Å². The maximum Gasteiger partial charge on any atom is 0.255 e. The van der Waals surface area contributed by atoms with Crippen LogP contribution in [0.1, 0.15) is 23.2 Å². The van der Waals surface area contributed by atoms with E-state index in [9.17, 15) is 9.18 Å². The first-order valence-electron chi connectivity index (χ1n) is 6.52. The normalized spacial score (nSPS) is 13.1. The maximum absolute atomic E-state index is 13.0. The third-order valence-electron chi connectivity index (χ3n) is 3.38. The Morgan fingerprint density at radius 2 is 1.90 bits per heavy atom. The van der Waals surface area contributed by atoms with Crippen LogP contribution in [0.4, 0.5) is 4.39 Å². The molecule has 102 valence electrons. The molecule has 1 aliphatic rings. The summed E-state index contributed by atoms with van der Waals surface area (Å²) in [5.41, 5.74) is 1.93. The molecule has 0 fully saturated rings. The second-order valence-corrected chi connectivity index (χ2v) is 4.66. The van der Waals surface area contributed by atoms with Gasteiger partial charge < -0.3 is 9.73 Å². The molecule has 2 aromatic rings. The van der Waals surface area contributed by atoms with Crippen molar-refractivity contribution < 1.29 is 13.6 Å². The van der Waals surface area contributed by atoms with Gasteiger partial charge in [0.05, 0.1) is 5.56 Å². The van der Waals surface area contributed by atoms with Crippen molar-refractivity contribution in [3.05, 3.63) is 46.3 Å². The fraction of sp³-hybridized carbons (Fsp3) is 0.188. The quantitative estimate of drug-likeness (QED) is 0.905. The molecule has 0 radical (unpaired) electrons. The summed E-state index contributed by atoms with van der Waals surface area (Å²) in [5, 5.41) is 3.46. The number of nitrogens with one attached hydrogen (secondary N) is 1. The van der Waals surface area contributed by atoms with E-state index in [2.05, 4.69) is 5.32 Å². The second-order valence-electron chi connectivity index (χ2n) is 4.66. The van der Waals surface area contributed by atoms with Crippen LogP contribution >= 0.6 is 0 Å². The lowest BCUT2D eigenvalue weighted by Gasteiger charge is -2.02. The van der Waals surface area contributed by atoms with Gasteiger partial charge in [0.25, 0.3) is 5.91 Å². The Balaban J connectivity index is 2.28. The van der Waals surface area contributed by atoms with Gasteiger partial charge in [-0.15, -0.1) is 0 Å². The number of carbonyl (C=O) groups is 1. The SMILES string of the molecule is CNC(=O)c1c(-c2ccc(F)cc2)oc2c1=CCCC=2. The third-order valence-corrected chi connectivity index (χ3v) is 3.38. The molecule has 1 aromatic heterocycles. The predicted molar refractivity (Wildman–Crippen MR) is 74.9 cm³/mol. The summed E-state index contributed by atoms with van der Waals surface area (Å²) < 4.78 is 18.8. The number of hydrogen-bond donors (Lipinski definition) is 1. The van der Waals surface area contributed by atoms with Gasteiger partial charge in [0.2, 0.25) is 0 Å². The van der Waals surface area contributed by atoms with Crippen LogP contribution in [0.2, 0.25) is 0 Å². The van der Waals surface area contributed by atoms with Crippen LogP contribution < -0.4 is 16.0 Å². The molecule has 3 nitrogen and oxygen atoms in total. The lowest BCUT2D eigenvalue weighted by atomic mass is 10.0. The highest BCUT2D eigenvalue weighted by Crippen LogP contribution is 2.22. The molecule has 4 heteroatoms. The van der Waals surface area contributed by atoms with Crippen LogP contribution in [0.15, 0.2) is 28.7 Å². The van der Waals surface area contributed by atoms with Gasteiger partial charge >= 0.3 is 0 Å². The number of fused-ring (bicyclic) bond motifs is 1. The van der Waals surface area contributed by atoms with E-state index in [0.717, 1.165) is 18.1 Å². The van der Waals surface area contributed by atoms with Crippen molar-refractivity contribution in [1.82, 2.24) is 5.32 Å². The van der Waals surface area contributed by atoms with Crippen LogP contribution in [0, 0.1) is 5.82 Å². The van der Waals surface area contributed by atoms with Crippen molar-refractivity contribution in [2.24, 2.45) is 0 Å². The average Bonchev–Trinajstić information content (AvgIpc) is 2.86. The molecule has 0 unspecified atom stereocenters. The van der Waals surface area contributed by atoms with Crippen molar-refractivity contribution in [1.29, 1.82) is 0 Å². The number of benzene rings is 1. The van der Waals surface area contributed by atoms with E-state index in [1.54, 1.807) is 19.2 Å². The minimum atomic E-state index is -0.315. The molecule has 1 N–H and O–H groups in total. The standard InChI is InChI=1S/C16H14FNO2/c1-18-16(19)14-12-4-2-3-5-13(12)20-15(14)10-6-8-11(17)9-7-10/h4-9H,2-3H2,1H3,(H,18,19). The zero-order valence-electron chi connectivity index (χ0n) is 11.1. The second kappa shape index (κ2) is 4.96. The van der Waals surface area contributed by atoms with Crippen molar-refractivity contribution in [3.8, 4) is 11.3 Å². The molecule has 1 heterocycles. The van der Waals surface area contributed by atoms with Crippen molar-refractivity contribution in [3.63, 3.8) is 0 Å². The highest BCUT2D eigenvalue weighted by atomic mass is 19.1. The Morgan fingerprint density at radius 3 is 2.60 bits per heavy atom. The number of halogens is 1. The summed E-state index contributed by atoms with van der Waals surface area (Å²) in [4.78, 5) is 12.1. The van der Waals surface area contributed by atoms with E-state index >= 15 is 0 Å². The van der Waals surface area contributed by atoms with E-state index in [0.29, 0.717) is 22.3 Å². The summed E-state index contributed by atoms with van der Waals surface area (Å²) in [7, 11) is 1.59. The van der Waals surface area contributed by atoms with E-state index in [-0.39, 0.29) is 11.7 Å². The van der Waals surface area contributed by atoms with Gasteiger partial charge in [0, 0.05) is 17.8 Å². The largest absolute Gasteiger partial charge is 0.456 e. The summed E-state index contributed by atoms with van der Waals surface area (Å²) in [6.45, 7) is 0. The van der Waals surface area contributed by atoms with Gasteiger partial charge in [-0.2, -0.15) is 0 Å². The van der Waals surface area contributed by atoms with Crippen LogP contribution in [0.25, 0.3) is 23.5 Å². The first-order valence-corrected chi connectivity index (χ1v) is 6.52. The minimum absolute atomic E-state index is 0.194. The molecule has 3 rings (SSSR count). The Hall–Kier alpha value is -2.36. The van der Waals surface area contributed by atoms with Crippen molar-refractivity contribution in [2.45, 2.75) is 12.8 Å². The van der Waals surface area contributed by atoms with Crippen LogP contribution in [0.5, 0.6) is 0 Å². The molecule has 1 aromatic carbocycles. The lowest BCUT2D eigenvalue weighted by molar-refractivity contribution is 0.0962. The maximum atomic E-state index is 13.0.